The van der Waals surface area contributed by atoms with Crippen LogP contribution in [0.4, 0.5) is 5.69 Å². The highest BCUT2D eigenvalue weighted by atomic mass is 32.2. The van der Waals surface area contributed by atoms with Crippen LogP contribution in [-0.4, -0.2) is 26.8 Å². The third-order valence-corrected chi connectivity index (χ3v) is 6.82. The van der Waals surface area contributed by atoms with Gasteiger partial charge in [0.25, 0.3) is 21.8 Å². The molecule has 178 valence electrons. The summed E-state index contributed by atoms with van der Waals surface area (Å²) < 4.78 is 33.4. The van der Waals surface area contributed by atoms with E-state index in [0.29, 0.717) is 11.4 Å². The van der Waals surface area contributed by atoms with Gasteiger partial charge in [0, 0.05) is 5.56 Å². The highest BCUT2D eigenvalue weighted by Crippen LogP contribution is 2.22. The van der Waals surface area contributed by atoms with Crippen LogP contribution in [0.1, 0.15) is 32.6 Å². The van der Waals surface area contributed by atoms with Gasteiger partial charge < -0.3 is 4.74 Å². The standard InChI is InChI=1S/C25H27N3O5S/c1-16-8-11-21(14-18(16)3)33-15-24(29)26-27-25(30)20-9-12-22(13-10-20)34(31,32)28-23-7-5-6-17(2)19(23)4/h5-14,28H,15H2,1-4H3,(H,26,29)(H,27,30). The van der Waals surface area contributed by atoms with Gasteiger partial charge in [-0.3, -0.25) is 25.2 Å². The van der Waals surface area contributed by atoms with E-state index >= 15 is 0 Å². The van der Waals surface area contributed by atoms with E-state index in [-0.39, 0.29) is 17.1 Å². The molecule has 3 N–H and O–H groups in total. The largest absolute Gasteiger partial charge is 0.484 e. The fourth-order valence-electron chi connectivity index (χ4n) is 3.04. The molecule has 0 fully saturated rings. The summed E-state index contributed by atoms with van der Waals surface area (Å²) in [6.45, 7) is 7.38. The van der Waals surface area contributed by atoms with Gasteiger partial charge in [-0.2, -0.15) is 0 Å². The maximum atomic E-state index is 12.7. The Morgan fingerprint density at radius 1 is 0.824 bits per heavy atom. The molecule has 2 amide bonds. The van der Waals surface area contributed by atoms with Gasteiger partial charge in [0.1, 0.15) is 5.75 Å². The number of amides is 2. The first-order valence-electron chi connectivity index (χ1n) is 10.5. The molecule has 0 saturated heterocycles. The molecule has 8 nitrogen and oxygen atoms in total. The van der Waals surface area contributed by atoms with Crippen molar-refractivity contribution < 1.29 is 22.7 Å². The van der Waals surface area contributed by atoms with Gasteiger partial charge in [-0.25, -0.2) is 8.42 Å². The molecule has 0 bridgehead atoms. The molecule has 0 aliphatic rings. The van der Waals surface area contributed by atoms with Gasteiger partial charge in [-0.1, -0.05) is 18.2 Å². The first-order valence-corrected chi connectivity index (χ1v) is 12.0. The summed E-state index contributed by atoms with van der Waals surface area (Å²) in [7, 11) is -3.83. The summed E-state index contributed by atoms with van der Waals surface area (Å²) in [5, 5.41) is 0. The molecule has 0 radical (unpaired) electrons. The van der Waals surface area contributed by atoms with Gasteiger partial charge in [0.05, 0.1) is 10.6 Å². The average Bonchev–Trinajstić information content (AvgIpc) is 2.81. The lowest BCUT2D eigenvalue weighted by Crippen LogP contribution is -2.43. The molecular weight excluding hydrogens is 454 g/mol. The monoisotopic (exact) mass is 481 g/mol. The van der Waals surface area contributed by atoms with Crippen LogP contribution in [0.25, 0.3) is 0 Å². The minimum Gasteiger partial charge on any atom is -0.484 e. The third kappa shape index (κ3) is 6.14. The Morgan fingerprint density at radius 3 is 2.21 bits per heavy atom. The summed E-state index contributed by atoms with van der Waals surface area (Å²) in [5.74, 6) is -0.578. The van der Waals surface area contributed by atoms with Crippen molar-refractivity contribution in [2.75, 3.05) is 11.3 Å². The summed E-state index contributed by atoms with van der Waals surface area (Å²) in [6.07, 6.45) is 0. The zero-order chi connectivity index (χ0) is 24.9. The van der Waals surface area contributed by atoms with E-state index in [0.717, 1.165) is 22.3 Å². The quantitative estimate of drug-likeness (QED) is 0.447. The molecule has 0 saturated carbocycles. The van der Waals surface area contributed by atoms with Crippen molar-refractivity contribution in [3.63, 3.8) is 0 Å². The van der Waals surface area contributed by atoms with Gasteiger partial charge >= 0.3 is 0 Å². The molecule has 9 heteroatoms. The lowest BCUT2D eigenvalue weighted by Gasteiger charge is -2.13. The number of sulfonamides is 1. The molecule has 3 rings (SSSR count). The van der Waals surface area contributed by atoms with Crippen LogP contribution >= 0.6 is 0 Å². The molecule has 34 heavy (non-hydrogen) atoms. The minimum atomic E-state index is -3.83. The molecule has 3 aromatic rings. The van der Waals surface area contributed by atoms with Crippen LogP contribution in [0.5, 0.6) is 5.75 Å². The third-order valence-electron chi connectivity index (χ3n) is 5.44. The van der Waals surface area contributed by atoms with Gasteiger partial charge in [0.2, 0.25) is 0 Å². The topological polar surface area (TPSA) is 114 Å². The zero-order valence-corrected chi connectivity index (χ0v) is 20.2. The SMILES string of the molecule is Cc1ccc(OCC(=O)NNC(=O)c2ccc(S(=O)(=O)Nc3cccc(C)c3C)cc2)cc1C. The molecule has 0 aliphatic heterocycles. The van der Waals surface area contributed by atoms with Gasteiger partial charge in [-0.05, 0) is 92.4 Å². The molecule has 0 unspecified atom stereocenters. The lowest BCUT2D eigenvalue weighted by molar-refractivity contribution is -0.123. The van der Waals surface area contributed by atoms with E-state index in [1.165, 1.54) is 24.3 Å². The number of nitrogens with one attached hydrogen (secondary N) is 3. The Balaban J connectivity index is 1.55. The molecule has 0 spiro atoms. The Hall–Kier alpha value is -3.85. The molecule has 3 aromatic carbocycles. The van der Waals surface area contributed by atoms with E-state index in [9.17, 15) is 18.0 Å². The Kier molecular flexibility index (Phi) is 7.57. The number of aryl methyl sites for hydroxylation is 3. The Labute approximate surface area is 199 Å². The number of anilines is 1. The predicted molar refractivity (Wildman–Crippen MR) is 130 cm³/mol. The molecular formula is C25H27N3O5S. The van der Waals surface area contributed by atoms with Crippen molar-refractivity contribution in [3.8, 4) is 5.75 Å². The Bertz CT molecular complexity index is 1320. The van der Waals surface area contributed by atoms with E-state index < -0.39 is 21.8 Å². The van der Waals surface area contributed by atoms with Crippen molar-refractivity contribution >= 4 is 27.5 Å². The fourth-order valence-corrected chi connectivity index (χ4v) is 4.16. The highest BCUT2D eigenvalue weighted by Gasteiger charge is 2.17. The maximum absolute atomic E-state index is 12.7. The highest BCUT2D eigenvalue weighted by molar-refractivity contribution is 7.92. The number of hydrogen-bond acceptors (Lipinski definition) is 5. The minimum absolute atomic E-state index is 0.00998. The molecule has 0 aromatic heterocycles. The van der Waals surface area contributed by atoms with Gasteiger partial charge in [-0.15, -0.1) is 0 Å². The first kappa shape index (κ1) is 24.8. The van der Waals surface area contributed by atoms with Gasteiger partial charge in [0.15, 0.2) is 6.61 Å². The number of ether oxygens (including phenoxy) is 1. The van der Waals surface area contributed by atoms with Crippen molar-refractivity contribution in [2.24, 2.45) is 0 Å². The average molecular weight is 482 g/mol. The predicted octanol–water partition coefficient (Wildman–Crippen LogP) is 3.56. The number of benzene rings is 3. The van der Waals surface area contributed by atoms with Crippen molar-refractivity contribution in [2.45, 2.75) is 32.6 Å². The summed E-state index contributed by atoms with van der Waals surface area (Å²) in [5.41, 5.74) is 9.19. The molecule has 0 aliphatic carbocycles. The lowest BCUT2D eigenvalue weighted by atomic mass is 10.1. The van der Waals surface area contributed by atoms with E-state index in [2.05, 4.69) is 15.6 Å². The molecule has 0 atom stereocenters. The van der Waals surface area contributed by atoms with Crippen molar-refractivity contribution in [1.29, 1.82) is 0 Å². The van der Waals surface area contributed by atoms with Crippen LogP contribution in [0, 0.1) is 27.7 Å². The summed E-state index contributed by atoms with van der Waals surface area (Å²) in [4.78, 5) is 24.3. The van der Waals surface area contributed by atoms with E-state index in [4.69, 9.17) is 4.74 Å². The second kappa shape index (κ2) is 10.4. The second-order valence-corrected chi connectivity index (χ2v) is 9.60. The van der Waals surface area contributed by atoms with Crippen LogP contribution < -0.4 is 20.3 Å². The number of rotatable bonds is 7. The zero-order valence-electron chi connectivity index (χ0n) is 19.4. The number of carbonyl (C=O) groups excluding carboxylic acids is 2. The van der Waals surface area contributed by atoms with E-state index in [1.54, 1.807) is 18.2 Å². The van der Waals surface area contributed by atoms with Crippen LogP contribution in [0.15, 0.2) is 65.6 Å². The second-order valence-electron chi connectivity index (χ2n) is 7.91. The smallest absolute Gasteiger partial charge is 0.276 e. The number of hydrazine groups is 1. The number of carbonyl (C=O) groups is 2. The Morgan fingerprint density at radius 2 is 1.53 bits per heavy atom. The van der Waals surface area contributed by atoms with Crippen molar-refractivity contribution in [3.05, 3.63) is 88.5 Å². The maximum Gasteiger partial charge on any atom is 0.276 e. The van der Waals surface area contributed by atoms with Crippen LogP contribution in [0.3, 0.4) is 0 Å². The number of hydrogen-bond donors (Lipinski definition) is 3. The normalized spacial score (nSPS) is 10.9. The molecule has 0 heterocycles. The van der Waals surface area contributed by atoms with E-state index in [1.807, 2.05) is 45.9 Å². The fraction of sp³-hybridized carbons (Fsp3) is 0.200. The summed E-state index contributed by atoms with van der Waals surface area (Å²) >= 11 is 0. The first-order chi connectivity index (χ1) is 16.1. The van der Waals surface area contributed by atoms with Crippen LogP contribution in [-0.2, 0) is 14.8 Å². The van der Waals surface area contributed by atoms with Crippen LogP contribution in [0.2, 0.25) is 0 Å². The van der Waals surface area contributed by atoms with Crippen molar-refractivity contribution in [1.82, 2.24) is 10.9 Å². The summed E-state index contributed by atoms with van der Waals surface area (Å²) in [6, 6.07) is 16.2.